The Labute approximate surface area is 227 Å². The third-order valence-corrected chi connectivity index (χ3v) is 18.1. The second kappa shape index (κ2) is 6.82. The largest absolute Gasteiger partial charge is 0.0654 e. The van der Waals surface area contributed by atoms with Gasteiger partial charge < -0.3 is 0 Å². The average molecular weight is 499 g/mol. The van der Waals surface area contributed by atoms with E-state index in [1.54, 1.807) is 0 Å². The van der Waals surface area contributed by atoms with Crippen LogP contribution in [-0.2, 0) is 0 Å². The molecule has 0 heteroatoms. The molecule has 0 aliphatic heterocycles. The lowest BCUT2D eigenvalue weighted by Gasteiger charge is -2.76. The number of hydrogen-bond donors (Lipinski definition) is 0. The van der Waals surface area contributed by atoms with Crippen LogP contribution in [0.4, 0.5) is 0 Å². The second-order valence-electron chi connectivity index (χ2n) is 18.9. The first-order chi connectivity index (χ1) is 15.8. The summed E-state index contributed by atoms with van der Waals surface area (Å²) >= 11 is 0. The molecule has 4 rings (SSSR count). The van der Waals surface area contributed by atoms with Crippen molar-refractivity contribution in [3.05, 3.63) is 0 Å². The predicted molar refractivity (Wildman–Crippen MR) is 159 cm³/mol. The summed E-state index contributed by atoms with van der Waals surface area (Å²) in [5.41, 5.74) is 3.27. The summed E-state index contributed by atoms with van der Waals surface area (Å²) in [6.45, 7) is 48.3. The van der Waals surface area contributed by atoms with Gasteiger partial charge in [-0.3, -0.25) is 0 Å². The van der Waals surface area contributed by atoms with Crippen LogP contribution in [0.1, 0.15) is 157 Å². The lowest BCUT2D eigenvalue weighted by atomic mass is 9.28. The SMILES string of the molecule is CCCCC(C)(C(C)C)C1(C)CC2(C)C(C)(C)C3CC4(C)C(C)(C(C)(C)C(C)(C)C)C(C)(C)C31C24C. The van der Waals surface area contributed by atoms with Crippen molar-refractivity contribution in [3.8, 4) is 0 Å². The van der Waals surface area contributed by atoms with Gasteiger partial charge in [0.25, 0.3) is 0 Å². The number of rotatable bonds is 6. The minimum absolute atomic E-state index is 0.213. The van der Waals surface area contributed by atoms with Crippen LogP contribution < -0.4 is 0 Å². The number of unbranched alkanes of at least 4 members (excludes halogenated alkanes) is 1. The molecule has 0 amide bonds. The Morgan fingerprint density at radius 1 is 0.778 bits per heavy atom. The van der Waals surface area contributed by atoms with E-state index in [0.717, 1.165) is 5.92 Å². The van der Waals surface area contributed by atoms with E-state index in [1.807, 2.05) is 0 Å². The van der Waals surface area contributed by atoms with E-state index in [4.69, 9.17) is 0 Å². The summed E-state index contributed by atoms with van der Waals surface area (Å²) in [6, 6.07) is 0. The predicted octanol–water partition coefficient (Wildman–Crippen LogP) is 11.4. The van der Waals surface area contributed by atoms with E-state index >= 15 is 0 Å². The maximum absolute atomic E-state index is 2.86. The smallest absolute Gasteiger partial charge is 0.00829 e. The molecule has 0 saturated heterocycles. The van der Waals surface area contributed by atoms with E-state index in [2.05, 4.69) is 125 Å². The van der Waals surface area contributed by atoms with E-state index < -0.39 is 0 Å². The Kier molecular flexibility index (Phi) is 5.50. The molecule has 5 bridgehead atoms. The van der Waals surface area contributed by atoms with Gasteiger partial charge in [-0.05, 0) is 90.7 Å². The summed E-state index contributed by atoms with van der Waals surface area (Å²) in [7, 11) is 0. The topological polar surface area (TPSA) is 0 Å². The summed E-state index contributed by atoms with van der Waals surface area (Å²) in [4.78, 5) is 0. The fourth-order valence-corrected chi connectivity index (χ4v) is 14.8. The van der Waals surface area contributed by atoms with Crippen LogP contribution in [0.3, 0.4) is 0 Å². The van der Waals surface area contributed by atoms with Crippen molar-refractivity contribution in [3.63, 3.8) is 0 Å². The molecule has 0 N–H and O–H groups in total. The summed E-state index contributed by atoms with van der Waals surface area (Å²) in [6.07, 6.45) is 6.88. The van der Waals surface area contributed by atoms with Crippen LogP contribution in [0.2, 0.25) is 0 Å². The van der Waals surface area contributed by atoms with Crippen molar-refractivity contribution in [2.45, 2.75) is 157 Å². The molecule has 0 aromatic rings. The first-order valence-corrected chi connectivity index (χ1v) is 15.8. The quantitative estimate of drug-likeness (QED) is 0.341. The zero-order valence-electron chi connectivity index (χ0n) is 28.2. The molecule has 36 heavy (non-hydrogen) atoms. The van der Waals surface area contributed by atoms with Crippen LogP contribution in [0.25, 0.3) is 0 Å². The monoisotopic (exact) mass is 499 g/mol. The summed E-state index contributed by atoms with van der Waals surface area (Å²) in [5.74, 6) is 1.49. The highest BCUT2D eigenvalue weighted by molar-refractivity contribution is 5.49. The molecule has 8 atom stereocenters. The second-order valence-corrected chi connectivity index (χ2v) is 18.9. The van der Waals surface area contributed by atoms with Crippen LogP contribution in [0, 0.1) is 71.4 Å². The Bertz CT molecular complexity index is 942. The van der Waals surface area contributed by atoms with Crippen LogP contribution in [0.15, 0.2) is 0 Å². The van der Waals surface area contributed by atoms with Gasteiger partial charge in [0, 0.05) is 0 Å². The Morgan fingerprint density at radius 3 is 1.69 bits per heavy atom. The van der Waals surface area contributed by atoms with Gasteiger partial charge in [0.05, 0.1) is 0 Å². The molecular weight excluding hydrogens is 432 g/mol. The molecule has 0 heterocycles. The van der Waals surface area contributed by atoms with Crippen LogP contribution in [0.5, 0.6) is 0 Å². The molecule has 0 radical (unpaired) electrons. The van der Waals surface area contributed by atoms with Crippen LogP contribution in [-0.4, -0.2) is 0 Å². The lowest BCUT2D eigenvalue weighted by molar-refractivity contribution is -0.283. The molecule has 0 spiro atoms. The number of hydrogen-bond acceptors (Lipinski definition) is 0. The Morgan fingerprint density at radius 2 is 1.28 bits per heavy atom. The van der Waals surface area contributed by atoms with Crippen molar-refractivity contribution in [2.24, 2.45) is 71.4 Å². The van der Waals surface area contributed by atoms with E-state index in [0.29, 0.717) is 43.8 Å². The molecule has 8 unspecified atom stereocenters. The minimum atomic E-state index is 0.213. The van der Waals surface area contributed by atoms with Gasteiger partial charge >= 0.3 is 0 Å². The summed E-state index contributed by atoms with van der Waals surface area (Å²) < 4.78 is 0. The van der Waals surface area contributed by atoms with Crippen molar-refractivity contribution in [1.29, 1.82) is 0 Å². The molecule has 210 valence electrons. The standard InChI is InChI=1S/C36H66/c1-19-20-21-30(13,24(2)3)33(16)23-32(15)27(7,8)25-22-31(14)34(17,28(9,10)26(4,5)6)29(11,12)36(25,33)35(31,32)18/h24-25H,19-23H2,1-18H3. The Balaban J connectivity index is 2.18. The van der Waals surface area contributed by atoms with Gasteiger partial charge in [-0.15, -0.1) is 0 Å². The molecule has 4 aliphatic rings. The average Bonchev–Trinajstić information content (AvgIpc) is 3.14. The van der Waals surface area contributed by atoms with Crippen molar-refractivity contribution in [2.75, 3.05) is 0 Å². The first-order valence-electron chi connectivity index (χ1n) is 15.8. The Hall–Kier alpha value is 0. The van der Waals surface area contributed by atoms with Gasteiger partial charge in [0.1, 0.15) is 0 Å². The summed E-state index contributed by atoms with van der Waals surface area (Å²) in [5, 5.41) is 0. The third kappa shape index (κ3) is 2.09. The van der Waals surface area contributed by atoms with E-state index in [-0.39, 0.29) is 21.7 Å². The van der Waals surface area contributed by atoms with Crippen LogP contribution >= 0.6 is 0 Å². The van der Waals surface area contributed by atoms with E-state index in [9.17, 15) is 0 Å². The highest BCUT2D eigenvalue weighted by Crippen LogP contribution is 3.07. The van der Waals surface area contributed by atoms with Gasteiger partial charge in [-0.25, -0.2) is 0 Å². The highest BCUT2D eigenvalue weighted by Gasteiger charge is 3.02. The fourth-order valence-electron chi connectivity index (χ4n) is 14.8. The maximum Gasteiger partial charge on any atom is -0.00829 e. The van der Waals surface area contributed by atoms with E-state index in [1.165, 1.54) is 32.1 Å². The van der Waals surface area contributed by atoms with Gasteiger partial charge in [-0.2, -0.15) is 0 Å². The molecule has 0 aromatic heterocycles. The molecule has 0 aromatic carbocycles. The molecule has 4 saturated carbocycles. The molecule has 4 fully saturated rings. The fraction of sp³-hybridized carbons (Fsp3) is 1.00. The molecule has 4 aliphatic carbocycles. The lowest BCUT2D eigenvalue weighted by Crippen LogP contribution is -2.70. The van der Waals surface area contributed by atoms with Crippen molar-refractivity contribution in [1.82, 2.24) is 0 Å². The van der Waals surface area contributed by atoms with Gasteiger partial charge in [0.2, 0.25) is 0 Å². The van der Waals surface area contributed by atoms with Gasteiger partial charge in [-0.1, -0.05) is 137 Å². The molecule has 0 nitrogen and oxygen atoms in total. The third-order valence-electron chi connectivity index (χ3n) is 18.1. The maximum atomic E-state index is 2.86. The van der Waals surface area contributed by atoms with Crippen molar-refractivity contribution >= 4 is 0 Å². The van der Waals surface area contributed by atoms with Crippen molar-refractivity contribution < 1.29 is 0 Å². The highest BCUT2D eigenvalue weighted by atomic mass is 15.1. The normalized spacial score (nSPS) is 50.2. The zero-order valence-corrected chi connectivity index (χ0v) is 28.2. The first kappa shape index (κ1) is 29.0. The minimum Gasteiger partial charge on any atom is -0.0654 e. The zero-order chi connectivity index (χ0) is 28.2. The molecular formula is C36H66. The van der Waals surface area contributed by atoms with Gasteiger partial charge in [0.15, 0.2) is 0 Å².